The fraction of sp³-hybridized carbons (Fsp3) is 0.250. The molecule has 0 fully saturated rings. The van der Waals surface area contributed by atoms with Crippen LogP contribution in [0.1, 0.15) is 0 Å². The Hall–Kier alpha value is -1.69. The van der Waals surface area contributed by atoms with E-state index < -0.39 is 0 Å². The molecule has 0 atom stereocenters. The van der Waals surface area contributed by atoms with Crippen molar-refractivity contribution in [2.75, 3.05) is 26.4 Å². The Kier molecular flexibility index (Phi) is 6.40. The molecule has 4 nitrogen and oxygen atoms in total. The summed E-state index contributed by atoms with van der Waals surface area (Å²) in [6.45, 7) is 0.617. The first-order chi connectivity index (χ1) is 10.3. The van der Waals surface area contributed by atoms with Crippen molar-refractivity contribution in [3.63, 3.8) is 0 Å². The maximum absolute atomic E-state index is 8.76. The first-order valence-electron chi connectivity index (χ1n) is 6.67. The van der Waals surface area contributed by atoms with Crippen LogP contribution in [0.15, 0.2) is 58.3 Å². The molecule has 0 unspecified atom stereocenters. The monoisotopic (exact) mass is 306 g/mol. The van der Waals surface area contributed by atoms with Gasteiger partial charge in [-0.05, 0) is 42.5 Å². The maximum atomic E-state index is 8.76. The molecular weight excluding hydrogens is 288 g/mol. The summed E-state index contributed by atoms with van der Waals surface area (Å²) >= 11 is 1.62. The molecular formula is C16H18O4S. The number of benzene rings is 2. The molecule has 0 radical (unpaired) electrons. The van der Waals surface area contributed by atoms with Gasteiger partial charge >= 0.3 is 0 Å². The molecule has 2 rings (SSSR count). The SMILES string of the molecule is OCCOc1ccc(Sc2cccc(OCCO)c2)cc1. The quantitative estimate of drug-likeness (QED) is 0.785. The molecule has 21 heavy (non-hydrogen) atoms. The molecule has 0 amide bonds. The van der Waals surface area contributed by atoms with Crippen molar-refractivity contribution in [1.82, 2.24) is 0 Å². The number of hydrogen-bond donors (Lipinski definition) is 2. The number of rotatable bonds is 8. The maximum Gasteiger partial charge on any atom is 0.120 e. The Morgan fingerprint density at radius 1 is 0.762 bits per heavy atom. The van der Waals surface area contributed by atoms with Crippen LogP contribution in [-0.4, -0.2) is 36.6 Å². The van der Waals surface area contributed by atoms with Gasteiger partial charge in [-0.25, -0.2) is 0 Å². The Morgan fingerprint density at radius 3 is 2.10 bits per heavy atom. The number of aliphatic hydroxyl groups is 2. The molecule has 2 aromatic rings. The van der Waals surface area contributed by atoms with Gasteiger partial charge in [-0.1, -0.05) is 17.8 Å². The fourth-order valence-electron chi connectivity index (χ4n) is 1.69. The van der Waals surface area contributed by atoms with E-state index in [9.17, 15) is 0 Å². The number of ether oxygens (including phenoxy) is 2. The molecule has 112 valence electrons. The van der Waals surface area contributed by atoms with Crippen LogP contribution in [0.25, 0.3) is 0 Å². The van der Waals surface area contributed by atoms with Crippen molar-refractivity contribution >= 4 is 11.8 Å². The largest absolute Gasteiger partial charge is 0.491 e. The first-order valence-corrected chi connectivity index (χ1v) is 7.49. The van der Waals surface area contributed by atoms with E-state index in [1.165, 1.54) is 0 Å². The third kappa shape index (κ3) is 5.30. The summed E-state index contributed by atoms with van der Waals surface area (Å²) in [7, 11) is 0. The molecule has 0 aliphatic rings. The molecule has 0 spiro atoms. The van der Waals surface area contributed by atoms with Gasteiger partial charge in [-0.15, -0.1) is 0 Å². The summed E-state index contributed by atoms with van der Waals surface area (Å²) in [5.41, 5.74) is 0. The van der Waals surface area contributed by atoms with Crippen molar-refractivity contribution in [3.05, 3.63) is 48.5 Å². The van der Waals surface area contributed by atoms with Crippen LogP contribution < -0.4 is 9.47 Å². The smallest absolute Gasteiger partial charge is 0.120 e. The van der Waals surface area contributed by atoms with E-state index in [4.69, 9.17) is 19.7 Å². The Labute approximate surface area is 128 Å². The fourth-order valence-corrected chi connectivity index (χ4v) is 2.56. The van der Waals surface area contributed by atoms with E-state index in [1.54, 1.807) is 11.8 Å². The standard InChI is InChI=1S/C16H18O4S/c17-8-10-19-13-4-6-15(7-5-13)21-16-3-1-2-14(12-16)20-11-9-18/h1-7,12,17-18H,8-11H2. The van der Waals surface area contributed by atoms with E-state index in [0.717, 1.165) is 21.3 Å². The highest BCUT2D eigenvalue weighted by atomic mass is 32.2. The summed E-state index contributed by atoms with van der Waals surface area (Å²) in [6.07, 6.45) is 0. The first kappa shape index (κ1) is 15.7. The molecule has 0 aliphatic carbocycles. The van der Waals surface area contributed by atoms with E-state index >= 15 is 0 Å². The van der Waals surface area contributed by atoms with Gasteiger partial charge in [0.1, 0.15) is 24.7 Å². The van der Waals surface area contributed by atoms with Gasteiger partial charge in [-0.2, -0.15) is 0 Å². The molecule has 0 aliphatic heterocycles. The number of hydrogen-bond acceptors (Lipinski definition) is 5. The van der Waals surface area contributed by atoms with Gasteiger partial charge in [0, 0.05) is 9.79 Å². The van der Waals surface area contributed by atoms with Crippen molar-refractivity contribution < 1.29 is 19.7 Å². The lowest BCUT2D eigenvalue weighted by molar-refractivity contribution is 0.201. The number of aliphatic hydroxyl groups excluding tert-OH is 2. The van der Waals surface area contributed by atoms with Crippen molar-refractivity contribution in [3.8, 4) is 11.5 Å². The van der Waals surface area contributed by atoms with Crippen molar-refractivity contribution in [1.29, 1.82) is 0 Å². The zero-order chi connectivity index (χ0) is 14.9. The predicted molar refractivity (Wildman–Crippen MR) is 82.2 cm³/mol. The minimum absolute atomic E-state index is 0.00662. The van der Waals surface area contributed by atoms with Gasteiger partial charge in [0.25, 0.3) is 0 Å². The van der Waals surface area contributed by atoms with Crippen LogP contribution in [0, 0.1) is 0 Å². The Balaban J connectivity index is 1.97. The minimum atomic E-state index is 0.00662. The molecule has 0 saturated heterocycles. The van der Waals surface area contributed by atoms with Gasteiger partial charge < -0.3 is 19.7 Å². The summed E-state index contributed by atoms with van der Waals surface area (Å²) < 4.78 is 10.7. The zero-order valence-electron chi connectivity index (χ0n) is 11.6. The van der Waals surface area contributed by atoms with Crippen LogP contribution in [-0.2, 0) is 0 Å². The second-order valence-corrected chi connectivity index (χ2v) is 5.34. The minimum Gasteiger partial charge on any atom is -0.491 e. The molecule has 2 N–H and O–H groups in total. The average molecular weight is 306 g/mol. The highest BCUT2D eigenvalue weighted by Gasteiger charge is 2.01. The Morgan fingerprint density at radius 2 is 1.43 bits per heavy atom. The molecule has 0 heterocycles. The van der Waals surface area contributed by atoms with Gasteiger partial charge in [0.2, 0.25) is 0 Å². The summed E-state index contributed by atoms with van der Waals surface area (Å²) in [4.78, 5) is 2.15. The third-order valence-electron chi connectivity index (χ3n) is 2.58. The van der Waals surface area contributed by atoms with E-state index in [1.807, 2.05) is 48.5 Å². The van der Waals surface area contributed by atoms with Crippen LogP contribution in [0.5, 0.6) is 11.5 Å². The second kappa shape index (κ2) is 8.56. The van der Waals surface area contributed by atoms with E-state index in [2.05, 4.69) is 0 Å². The van der Waals surface area contributed by atoms with Gasteiger partial charge in [0.05, 0.1) is 13.2 Å². The van der Waals surface area contributed by atoms with Gasteiger partial charge in [-0.3, -0.25) is 0 Å². The van der Waals surface area contributed by atoms with Crippen molar-refractivity contribution in [2.45, 2.75) is 9.79 Å². The highest BCUT2D eigenvalue weighted by Crippen LogP contribution is 2.31. The van der Waals surface area contributed by atoms with E-state index in [-0.39, 0.29) is 13.2 Å². The van der Waals surface area contributed by atoms with Crippen LogP contribution >= 0.6 is 11.8 Å². The lowest BCUT2D eigenvalue weighted by Gasteiger charge is -2.08. The molecule has 5 heteroatoms. The summed E-state index contributed by atoms with van der Waals surface area (Å²) in [6, 6.07) is 15.4. The summed E-state index contributed by atoms with van der Waals surface area (Å²) in [5.74, 6) is 1.49. The lowest BCUT2D eigenvalue weighted by Crippen LogP contribution is -2.01. The van der Waals surface area contributed by atoms with Crippen LogP contribution in [0.2, 0.25) is 0 Å². The molecule has 2 aromatic carbocycles. The highest BCUT2D eigenvalue weighted by molar-refractivity contribution is 7.99. The molecule has 0 saturated carbocycles. The molecule has 0 bridgehead atoms. The zero-order valence-corrected chi connectivity index (χ0v) is 12.4. The van der Waals surface area contributed by atoms with Crippen LogP contribution in [0.4, 0.5) is 0 Å². The Bertz CT molecular complexity index is 542. The van der Waals surface area contributed by atoms with Crippen LogP contribution in [0.3, 0.4) is 0 Å². The molecule has 0 aromatic heterocycles. The second-order valence-electron chi connectivity index (χ2n) is 4.19. The normalized spacial score (nSPS) is 10.4. The van der Waals surface area contributed by atoms with Crippen molar-refractivity contribution in [2.24, 2.45) is 0 Å². The van der Waals surface area contributed by atoms with E-state index in [0.29, 0.717) is 13.2 Å². The lowest BCUT2D eigenvalue weighted by atomic mass is 10.3. The average Bonchev–Trinajstić information content (AvgIpc) is 2.53. The summed E-state index contributed by atoms with van der Waals surface area (Å²) in [5, 5.41) is 17.5. The third-order valence-corrected chi connectivity index (χ3v) is 3.58. The topological polar surface area (TPSA) is 58.9 Å². The predicted octanol–water partition coefficient (Wildman–Crippen LogP) is 2.58. The van der Waals surface area contributed by atoms with Gasteiger partial charge in [0.15, 0.2) is 0 Å².